The molecule has 0 unspecified atom stereocenters. The van der Waals surface area contributed by atoms with Gasteiger partial charge in [-0.25, -0.2) is 4.79 Å². The molecule has 10 nitrogen and oxygen atoms in total. The molecule has 0 bridgehead atoms. The summed E-state index contributed by atoms with van der Waals surface area (Å²) in [6.07, 6.45) is -0.370. The van der Waals surface area contributed by atoms with Crippen LogP contribution in [0.1, 0.15) is 61.8 Å². The van der Waals surface area contributed by atoms with Crippen LogP contribution < -0.4 is 0 Å². The van der Waals surface area contributed by atoms with Crippen LogP contribution in [0.2, 0.25) is 0 Å². The lowest BCUT2D eigenvalue weighted by Crippen LogP contribution is -2.69. The number of hydrogen-bond acceptors (Lipinski definition) is 10. The molecule has 0 radical (unpaired) electrons. The fourth-order valence-electron chi connectivity index (χ4n) is 8.43. The number of allylic oxidation sites excluding steroid dienone is 1. The number of Topliss-reactive ketones (excluding diaryl/α,β-unsaturated/α-hetero) is 1. The van der Waals surface area contributed by atoms with Crippen molar-refractivity contribution in [1.82, 2.24) is 0 Å². The summed E-state index contributed by atoms with van der Waals surface area (Å²) >= 11 is 0. The van der Waals surface area contributed by atoms with E-state index in [1.54, 1.807) is 33.8 Å². The zero-order chi connectivity index (χ0) is 30.0. The van der Waals surface area contributed by atoms with Crippen LogP contribution in [0.4, 0.5) is 0 Å². The summed E-state index contributed by atoms with van der Waals surface area (Å²) in [6, 6.07) is 0. The van der Waals surface area contributed by atoms with Gasteiger partial charge in [0.2, 0.25) is 0 Å². The van der Waals surface area contributed by atoms with Crippen LogP contribution in [-0.4, -0.2) is 85.5 Å². The van der Waals surface area contributed by atoms with Crippen molar-refractivity contribution < 1.29 is 49.0 Å². The second-order valence-corrected chi connectivity index (χ2v) is 13.3. The summed E-state index contributed by atoms with van der Waals surface area (Å²) in [5.41, 5.74) is -7.88. The topological polar surface area (TPSA) is 163 Å². The van der Waals surface area contributed by atoms with Crippen LogP contribution in [0.25, 0.3) is 0 Å². The van der Waals surface area contributed by atoms with Crippen molar-refractivity contribution >= 4 is 17.7 Å². The number of carbonyl (C=O) groups is 3. The molecule has 0 amide bonds. The van der Waals surface area contributed by atoms with Crippen LogP contribution in [0.15, 0.2) is 23.3 Å². The summed E-state index contributed by atoms with van der Waals surface area (Å²) in [7, 11) is 0. The smallest absolute Gasteiger partial charge is 0.333 e. The number of rotatable bonds is 6. The number of ketones is 1. The fraction of sp³-hybridized carbons (Fsp3) is 0.767. The molecule has 0 aromatic heterocycles. The molecule has 5 aliphatic rings. The van der Waals surface area contributed by atoms with Gasteiger partial charge < -0.3 is 34.6 Å². The van der Waals surface area contributed by atoms with Gasteiger partial charge >= 0.3 is 11.9 Å². The molecule has 0 aromatic carbocycles. The van der Waals surface area contributed by atoms with Crippen molar-refractivity contribution in [3.8, 4) is 0 Å². The molecule has 1 heterocycles. The first-order valence-corrected chi connectivity index (χ1v) is 14.2. The third-order valence-electron chi connectivity index (χ3n) is 11.3. The second-order valence-electron chi connectivity index (χ2n) is 13.3. The SMILES string of the molecule is C/C=C(\C)C(=O)O[C@@H]1[C@@H](C)[C@@]2(O)[C@H]([C@@H]3C(C)(C)[C@]13OC(=O)[C@@H](C)CC)[C@@H]1O[C@]1(CO)[C@@H](O)[C@]1(O)C(=O)C(C)=C[C@H]12. The average Bonchev–Trinajstić information content (AvgIpc) is 3.75. The Morgan fingerprint density at radius 1 is 1.25 bits per heavy atom. The minimum absolute atomic E-state index is 0.159. The monoisotopic (exact) mass is 562 g/mol. The van der Waals surface area contributed by atoms with E-state index in [1.807, 2.05) is 20.8 Å². The molecule has 10 heteroatoms. The van der Waals surface area contributed by atoms with Crippen LogP contribution in [0.3, 0.4) is 0 Å². The number of carbonyl (C=O) groups excluding carboxylic acids is 3. The van der Waals surface area contributed by atoms with E-state index in [0.717, 1.165) is 0 Å². The van der Waals surface area contributed by atoms with E-state index in [1.165, 1.54) is 13.0 Å². The predicted octanol–water partition coefficient (Wildman–Crippen LogP) is 1.23. The Kier molecular flexibility index (Phi) is 6.39. The summed E-state index contributed by atoms with van der Waals surface area (Å²) in [4.78, 5) is 39.9. The number of aliphatic hydroxyl groups excluding tert-OH is 2. The highest BCUT2D eigenvalue weighted by Crippen LogP contribution is 2.80. The highest BCUT2D eigenvalue weighted by Gasteiger charge is 2.93. The molecule has 40 heavy (non-hydrogen) atoms. The molecule has 1 saturated heterocycles. The molecule has 222 valence electrons. The second kappa shape index (κ2) is 8.70. The van der Waals surface area contributed by atoms with Gasteiger partial charge in [-0.1, -0.05) is 46.8 Å². The van der Waals surface area contributed by atoms with Gasteiger partial charge in [0.1, 0.15) is 17.8 Å². The lowest BCUT2D eigenvalue weighted by atomic mass is 9.58. The Hall–Kier alpha value is -2.11. The minimum atomic E-state index is -2.49. The molecular weight excluding hydrogens is 520 g/mol. The van der Waals surface area contributed by atoms with Crippen LogP contribution in [-0.2, 0) is 28.6 Å². The van der Waals surface area contributed by atoms with Crippen molar-refractivity contribution in [3.63, 3.8) is 0 Å². The van der Waals surface area contributed by atoms with E-state index < -0.39 is 100 Å². The van der Waals surface area contributed by atoms with Gasteiger partial charge in [-0.3, -0.25) is 9.59 Å². The first kappa shape index (κ1) is 29.4. The molecule has 0 spiro atoms. The molecule has 4 fully saturated rings. The normalized spacial score (nSPS) is 48.9. The molecule has 3 saturated carbocycles. The maximum Gasteiger partial charge on any atom is 0.333 e. The highest BCUT2D eigenvalue weighted by atomic mass is 16.6. The Bertz CT molecular complexity index is 1220. The zero-order valence-electron chi connectivity index (χ0n) is 24.4. The van der Waals surface area contributed by atoms with E-state index in [0.29, 0.717) is 12.0 Å². The Balaban J connectivity index is 1.74. The summed E-state index contributed by atoms with van der Waals surface area (Å²) in [5, 5.41) is 46.8. The molecule has 4 aliphatic carbocycles. The molecule has 1 aliphatic heterocycles. The maximum atomic E-state index is 13.4. The van der Waals surface area contributed by atoms with Crippen molar-refractivity contribution in [2.45, 2.75) is 103 Å². The Labute approximate surface area is 234 Å². The molecule has 4 N–H and O–H groups in total. The van der Waals surface area contributed by atoms with E-state index in [-0.39, 0.29) is 5.57 Å². The predicted molar refractivity (Wildman–Crippen MR) is 140 cm³/mol. The third-order valence-corrected chi connectivity index (χ3v) is 11.3. The third kappa shape index (κ3) is 3.14. The lowest BCUT2D eigenvalue weighted by molar-refractivity contribution is -0.245. The van der Waals surface area contributed by atoms with E-state index in [4.69, 9.17) is 14.2 Å². The minimum Gasteiger partial charge on any atom is -0.454 e. The van der Waals surface area contributed by atoms with Crippen molar-refractivity contribution in [2.24, 2.45) is 35.0 Å². The van der Waals surface area contributed by atoms with Gasteiger partial charge in [-0.2, -0.15) is 0 Å². The van der Waals surface area contributed by atoms with Crippen molar-refractivity contribution in [3.05, 3.63) is 23.3 Å². The van der Waals surface area contributed by atoms with Crippen LogP contribution in [0.5, 0.6) is 0 Å². The number of esters is 2. The first-order chi connectivity index (χ1) is 18.5. The Morgan fingerprint density at radius 2 is 1.88 bits per heavy atom. The van der Waals surface area contributed by atoms with Gasteiger partial charge in [-0.15, -0.1) is 0 Å². The Morgan fingerprint density at radius 3 is 2.42 bits per heavy atom. The first-order valence-electron chi connectivity index (χ1n) is 14.2. The van der Waals surface area contributed by atoms with Gasteiger partial charge in [0, 0.05) is 34.7 Å². The number of fused-ring (bicyclic) bond motifs is 7. The average molecular weight is 563 g/mol. The largest absolute Gasteiger partial charge is 0.454 e. The van der Waals surface area contributed by atoms with Crippen molar-refractivity contribution in [2.75, 3.05) is 6.61 Å². The fourth-order valence-corrected chi connectivity index (χ4v) is 8.43. The van der Waals surface area contributed by atoms with Gasteiger partial charge in [0.25, 0.3) is 0 Å². The number of hydrogen-bond donors (Lipinski definition) is 4. The number of epoxide rings is 1. The van der Waals surface area contributed by atoms with E-state index in [2.05, 4.69) is 0 Å². The summed E-state index contributed by atoms with van der Waals surface area (Å²) in [6.45, 7) is 13.1. The van der Waals surface area contributed by atoms with E-state index >= 15 is 0 Å². The molecule has 12 atom stereocenters. The molecule has 0 aromatic rings. The van der Waals surface area contributed by atoms with Crippen LogP contribution >= 0.6 is 0 Å². The quantitative estimate of drug-likeness (QED) is 0.210. The molecule has 5 rings (SSSR count). The van der Waals surface area contributed by atoms with Gasteiger partial charge in [-0.05, 0) is 32.8 Å². The number of ether oxygens (including phenoxy) is 3. The standard InChI is InChI=1S/C30H42O10/c1-9-13(3)23(33)38-21-16(6)28(36)17-11-15(5)20(32)29(17,37)25(35)27(12-31)22(39-27)18(28)19-26(7,8)30(19,21)40-24(34)14(4)10-2/h9,11,14,16-19,21-22,25,31,35-37H,10,12H2,1-8H3/b13-9+/t14-,16+,17-,18+,19+,21+,22-,25+,27-,28-,29+,30+/m0/s1. The summed E-state index contributed by atoms with van der Waals surface area (Å²) < 4.78 is 18.4. The highest BCUT2D eigenvalue weighted by molar-refractivity contribution is 6.05. The zero-order valence-corrected chi connectivity index (χ0v) is 24.4. The van der Waals surface area contributed by atoms with Gasteiger partial charge in [0.15, 0.2) is 17.0 Å². The summed E-state index contributed by atoms with van der Waals surface area (Å²) in [5.74, 6) is -6.16. The molecular formula is C30H42O10. The lowest BCUT2D eigenvalue weighted by Gasteiger charge is -2.53. The van der Waals surface area contributed by atoms with E-state index in [9.17, 15) is 34.8 Å². The number of aliphatic hydroxyl groups is 4. The van der Waals surface area contributed by atoms with Crippen LogP contribution in [0, 0.1) is 35.0 Å². The maximum absolute atomic E-state index is 13.4. The van der Waals surface area contributed by atoms with Gasteiger partial charge in [0.05, 0.1) is 24.2 Å². The van der Waals surface area contributed by atoms with Crippen molar-refractivity contribution in [1.29, 1.82) is 0 Å².